The maximum Gasteiger partial charge on any atom is 0.266 e. The Morgan fingerprint density at radius 1 is 0.895 bits per heavy atom. The summed E-state index contributed by atoms with van der Waals surface area (Å²) in [5, 5.41) is 2.48. The molecule has 0 spiro atoms. The zero-order chi connectivity index (χ0) is 26.5. The summed E-state index contributed by atoms with van der Waals surface area (Å²) in [5.41, 5.74) is 2.99. The molecule has 1 saturated heterocycles. The zero-order valence-electron chi connectivity index (χ0n) is 21.0. The molecule has 2 amide bonds. The third-order valence-electron chi connectivity index (χ3n) is 5.88. The molecule has 6 nitrogen and oxygen atoms in total. The van der Waals surface area contributed by atoms with E-state index in [1.54, 1.807) is 30.2 Å². The molecule has 1 aliphatic rings. The molecule has 5 rings (SSSR count). The average Bonchev–Trinajstić information content (AvgIpc) is 3.25. The van der Waals surface area contributed by atoms with Gasteiger partial charge in [0.25, 0.3) is 5.91 Å². The van der Waals surface area contributed by atoms with E-state index < -0.39 is 0 Å². The normalized spacial score (nSPS) is 15.9. The monoisotopic (exact) mass is 522 g/mol. The highest BCUT2D eigenvalue weighted by Crippen LogP contribution is 2.50. The molecule has 1 unspecified atom stereocenters. The van der Waals surface area contributed by atoms with Crippen LogP contribution in [0.15, 0.2) is 108 Å². The maximum atomic E-state index is 13.9. The highest BCUT2D eigenvalue weighted by Gasteiger charge is 2.39. The zero-order valence-corrected chi connectivity index (χ0v) is 21.8. The van der Waals surface area contributed by atoms with Crippen molar-refractivity contribution < 1.29 is 19.1 Å². The van der Waals surface area contributed by atoms with Crippen LogP contribution in [0.2, 0.25) is 0 Å². The predicted octanol–water partition coefficient (Wildman–Crippen LogP) is 7.27. The number of hydrogen-bond donors (Lipinski definition) is 1. The third-order valence-corrected chi connectivity index (χ3v) is 7.13. The number of benzene rings is 4. The van der Waals surface area contributed by atoms with Crippen LogP contribution in [-0.2, 0) is 9.59 Å². The number of nitrogens with zero attached hydrogens (tertiary/aromatic N) is 1. The van der Waals surface area contributed by atoms with Gasteiger partial charge in [0.1, 0.15) is 22.6 Å². The summed E-state index contributed by atoms with van der Waals surface area (Å²) in [6.07, 6.45) is 1.88. The first-order chi connectivity index (χ1) is 18.5. The first kappa shape index (κ1) is 25.2. The van der Waals surface area contributed by atoms with Crippen molar-refractivity contribution in [3.63, 3.8) is 0 Å². The van der Waals surface area contributed by atoms with Crippen LogP contribution in [0.5, 0.6) is 17.2 Å². The van der Waals surface area contributed by atoms with Crippen LogP contribution < -0.4 is 19.7 Å². The van der Waals surface area contributed by atoms with Gasteiger partial charge in [0, 0.05) is 12.6 Å². The van der Waals surface area contributed by atoms with E-state index in [2.05, 4.69) is 5.32 Å². The Hall–Kier alpha value is -4.49. The summed E-state index contributed by atoms with van der Waals surface area (Å²) in [6, 6.07) is 32.3. The van der Waals surface area contributed by atoms with Gasteiger partial charge < -0.3 is 14.8 Å². The molecule has 190 valence electrons. The number of carbonyl (C=O) groups excluding carboxylic acids is 2. The first-order valence-electron chi connectivity index (χ1n) is 12.1. The number of thioether (sulfide) groups is 1. The molecule has 7 heteroatoms. The Morgan fingerprint density at radius 2 is 1.61 bits per heavy atom. The number of carbonyl (C=O) groups is 2. The molecule has 4 aromatic carbocycles. The number of ether oxygens (including phenoxy) is 2. The minimum atomic E-state index is -0.319. The molecule has 1 heterocycles. The van der Waals surface area contributed by atoms with E-state index in [4.69, 9.17) is 9.47 Å². The highest BCUT2D eigenvalue weighted by atomic mass is 32.2. The summed E-state index contributed by atoms with van der Waals surface area (Å²) >= 11 is 1.47. The Morgan fingerprint density at radius 3 is 2.32 bits per heavy atom. The second kappa shape index (κ2) is 11.3. The lowest BCUT2D eigenvalue weighted by atomic mass is 10.1. The fourth-order valence-corrected chi connectivity index (χ4v) is 5.47. The van der Waals surface area contributed by atoms with Crippen molar-refractivity contribution in [2.75, 3.05) is 17.3 Å². The van der Waals surface area contributed by atoms with Crippen molar-refractivity contribution in [2.45, 2.75) is 12.3 Å². The highest BCUT2D eigenvalue weighted by molar-refractivity contribution is 8.05. The molecule has 0 bridgehead atoms. The molecule has 1 N–H and O–H groups in total. The molecule has 0 saturated carbocycles. The number of anilines is 2. The Kier molecular flexibility index (Phi) is 7.47. The second-order valence-electron chi connectivity index (χ2n) is 8.62. The molecule has 38 heavy (non-hydrogen) atoms. The molecular formula is C31H26N2O4S. The Labute approximate surface area is 225 Å². The summed E-state index contributed by atoms with van der Waals surface area (Å²) in [6.45, 7) is 1.45. The van der Waals surface area contributed by atoms with E-state index in [-0.39, 0.29) is 17.2 Å². The van der Waals surface area contributed by atoms with Gasteiger partial charge in [-0.2, -0.15) is 0 Å². The average molecular weight is 523 g/mol. The van der Waals surface area contributed by atoms with Crippen LogP contribution in [0.25, 0.3) is 6.08 Å². The van der Waals surface area contributed by atoms with Crippen LogP contribution in [0.1, 0.15) is 23.4 Å². The van der Waals surface area contributed by atoms with Gasteiger partial charge in [0.2, 0.25) is 5.91 Å². The molecule has 0 radical (unpaired) electrons. The number of methoxy groups -OCH3 is 1. The lowest BCUT2D eigenvalue weighted by Crippen LogP contribution is -2.28. The molecule has 1 fully saturated rings. The number of rotatable bonds is 7. The van der Waals surface area contributed by atoms with E-state index in [0.717, 1.165) is 16.9 Å². The van der Waals surface area contributed by atoms with Gasteiger partial charge >= 0.3 is 0 Å². The van der Waals surface area contributed by atoms with Gasteiger partial charge in [0.15, 0.2) is 0 Å². The third kappa shape index (κ3) is 5.58. The van der Waals surface area contributed by atoms with E-state index >= 15 is 0 Å². The van der Waals surface area contributed by atoms with Gasteiger partial charge in [-0.05, 0) is 59.7 Å². The number of amides is 2. The number of nitrogens with one attached hydrogen (secondary N) is 1. The van der Waals surface area contributed by atoms with Crippen molar-refractivity contribution in [1.82, 2.24) is 0 Å². The van der Waals surface area contributed by atoms with Gasteiger partial charge in [-0.15, -0.1) is 0 Å². The summed E-state index contributed by atoms with van der Waals surface area (Å²) in [7, 11) is 1.57. The van der Waals surface area contributed by atoms with Gasteiger partial charge in [-0.3, -0.25) is 14.5 Å². The molecule has 1 atom stereocenters. The van der Waals surface area contributed by atoms with Crippen molar-refractivity contribution in [1.29, 1.82) is 0 Å². The van der Waals surface area contributed by atoms with Crippen molar-refractivity contribution in [3.05, 3.63) is 119 Å². The van der Waals surface area contributed by atoms with E-state index in [1.165, 1.54) is 18.7 Å². The van der Waals surface area contributed by atoms with Crippen LogP contribution in [0.3, 0.4) is 0 Å². The van der Waals surface area contributed by atoms with E-state index in [1.807, 2.05) is 91.0 Å². The van der Waals surface area contributed by atoms with Gasteiger partial charge in [-0.1, -0.05) is 72.4 Å². The van der Waals surface area contributed by atoms with E-state index in [0.29, 0.717) is 27.8 Å². The fourth-order valence-electron chi connectivity index (χ4n) is 4.22. The van der Waals surface area contributed by atoms with Crippen molar-refractivity contribution in [2.24, 2.45) is 0 Å². The topological polar surface area (TPSA) is 67.9 Å². The summed E-state index contributed by atoms with van der Waals surface area (Å²) < 4.78 is 11.6. The maximum absolute atomic E-state index is 13.9. The molecule has 0 aromatic heterocycles. The van der Waals surface area contributed by atoms with Crippen LogP contribution >= 0.6 is 11.8 Å². The Bertz CT molecular complexity index is 1490. The lowest BCUT2D eigenvalue weighted by Gasteiger charge is -2.26. The first-order valence-corrected chi connectivity index (χ1v) is 13.0. The second-order valence-corrected chi connectivity index (χ2v) is 9.74. The Balaban J connectivity index is 1.53. The lowest BCUT2D eigenvalue weighted by molar-refractivity contribution is -0.115. The van der Waals surface area contributed by atoms with Crippen LogP contribution in [0.4, 0.5) is 11.4 Å². The van der Waals surface area contributed by atoms with E-state index in [9.17, 15) is 9.59 Å². The number of hydrogen-bond acceptors (Lipinski definition) is 5. The molecular weight excluding hydrogens is 496 g/mol. The SMILES string of the molecule is COc1ccc(NC(C)=O)cc1N1C(=O)/C(=C\c2cccc(Oc3ccccc3)c2)SC1c1ccccc1. The molecule has 0 aliphatic carbocycles. The minimum absolute atomic E-state index is 0.156. The van der Waals surface area contributed by atoms with Gasteiger partial charge in [-0.25, -0.2) is 0 Å². The van der Waals surface area contributed by atoms with Gasteiger partial charge in [0.05, 0.1) is 17.7 Å². The largest absolute Gasteiger partial charge is 0.495 e. The smallest absolute Gasteiger partial charge is 0.266 e. The minimum Gasteiger partial charge on any atom is -0.495 e. The molecule has 4 aromatic rings. The van der Waals surface area contributed by atoms with Crippen LogP contribution in [0, 0.1) is 0 Å². The van der Waals surface area contributed by atoms with Crippen molar-refractivity contribution >= 4 is 41.0 Å². The number of para-hydroxylation sites is 1. The fraction of sp³-hybridized carbons (Fsp3) is 0.0968. The van der Waals surface area contributed by atoms with Crippen molar-refractivity contribution in [3.8, 4) is 17.2 Å². The van der Waals surface area contributed by atoms with Crippen LogP contribution in [-0.4, -0.2) is 18.9 Å². The summed E-state index contributed by atoms with van der Waals surface area (Å²) in [5.74, 6) is 1.61. The quantitative estimate of drug-likeness (QED) is 0.259. The standard InChI is InChI=1S/C31H26N2O4S/c1-21(34)32-24-16-17-28(36-2)27(20-24)33-30(35)29(38-31(33)23-11-5-3-6-12-23)19-22-10-9-15-26(18-22)37-25-13-7-4-8-14-25/h3-20,31H,1-2H3,(H,32,34)/b29-19+. The summed E-state index contributed by atoms with van der Waals surface area (Å²) in [4.78, 5) is 27.9. The predicted molar refractivity (Wildman–Crippen MR) is 152 cm³/mol. The molecule has 1 aliphatic heterocycles.